The molecule has 2 saturated heterocycles. The van der Waals surface area contributed by atoms with Gasteiger partial charge in [0.25, 0.3) is 5.91 Å². The van der Waals surface area contributed by atoms with Gasteiger partial charge in [-0.2, -0.15) is 0 Å². The molecule has 2 fully saturated rings. The highest BCUT2D eigenvalue weighted by atomic mass is 19.1. The molecule has 43 heavy (non-hydrogen) atoms. The summed E-state index contributed by atoms with van der Waals surface area (Å²) in [4.78, 5) is 41.7. The second-order valence-corrected chi connectivity index (χ2v) is 11.7. The van der Waals surface area contributed by atoms with E-state index in [4.69, 9.17) is 4.74 Å². The Kier molecular flexibility index (Phi) is 7.15. The van der Waals surface area contributed by atoms with Crippen LogP contribution >= 0.6 is 0 Å². The zero-order valence-electron chi connectivity index (χ0n) is 23.7. The Bertz CT molecular complexity index is 1710. The molecule has 4 aromatic carbocycles. The van der Waals surface area contributed by atoms with Gasteiger partial charge in [0.1, 0.15) is 23.7 Å². The molecule has 3 aliphatic heterocycles. The summed E-state index contributed by atoms with van der Waals surface area (Å²) in [6, 6.07) is 24.0. The molecule has 1 atom stereocenters. The van der Waals surface area contributed by atoms with E-state index < -0.39 is 11.9 Å². The first-order chi connectivity index (χ1) is 20.9. The first kappa shape index (κ1) is 27.3. The number of nitrogens with zero attached hydrogens (tertiary/aromatic N) is 2. The Morgan fingerprint density at radius 2 is 1.58 bits per heavy atom. The summed E-state index contributed by atoms with van der Waals surface area (Å²) < 4.78 is 19.2. The average molecular weight is 578 g/mol. The smallest absolute Gasteiger partial charge is 0.259 e. The molecule has 3 amide bonds. The summed E-state index contributed by atoms with van der Waals surface area (Å²) in [5.74, 6) is -0.448. The van der Waals surface area contributed by atoms with Crippen LogP contribution in [0.2, 0.25) is 0 Å². The van der Waals surface area contributed by atoms with E-state index in [-0.39, 0.29) is 30.2 Å². The Balaban J connectivity index is 1.01. The molecule has 4 aromatic rings. The highest BCUT2D eigenvalue weighted by molar-refractivity contribution is 6.27. The molecule has 0 aromatic heterocycles. The quantitative estimate of drug-likeness (QED) is 0.299. The Hall–Kier alpha value is -4.56. The minimum Gasteiger partial charge on any atom is -0.490 e. The lowest BCUT2D eigenvalue weighted by molar-refractivity contribution is -0.134. The summed E-state index contributed by atoms with van der Waals surface area (Å²) in [7, 11) is 0. The number of rotatable bonds is 7. The largest absolute Gasteiger partial charge is 0.490 e. The van der Waals surface area contributed by atoms with Crippen LogP contribution in [0.3, 0.4) is 0 Å². The van der Waals surface area contributed by atoms with E-state index in [1.54, 1.807) is 17.0 Å². The molecule has 3 aliphatic rings. The van der Waals surface area contributed by atoms with Gasteiger partial charge in [-0.25, -0.2) is 4.39 Å². The SMILES string of the molecule is O=C1CCC(N2C(=O)c3cccc4c(Cc5ccc(CN6CCC(Oc7ccc(F)cc7)CC6)cc5)ccc2c34)C(=O)N1. The van der Waals surface area contributed by atoms with Gasteiger partial charge in [-0.1, -0.05) is 42.5 Å². The monoisotopic (exact) mass is 577 g/mol. The predicted molar refractivity (Wildman–Crippen MR) is 162 cm³/mol. The van der Waals surface area contributed by atoms with Gasteiger partial charge in [-0.3, -0.25) is 29.5 Å². The normalized spacial score (nSPS) is 19.2. The standard InChI is InChI=1S/C35H32FN3O4/c36-25-9-11-26(12-10-25)43-27-16-18-38(19-17-27)21-23-6-4-22(5-7-23)20-24-8-13-30-33-28(24)2-1-3-29(33)35(42)39(30)31-14-15-32(40)37-34(31)41/h1-13,27,31H,14-21H2,(H,37,40,41). The van der Waals surface area contributed by atoms with Crippen molar-refractivity contribution in [3.8, 4) is 5.75 Å². The Labute approximate surface area is 249 Å². The minimum absolute atomic E-state index is 0.147. The Morgan fingerprint density at radius 3 is 2.33 bits per heavy atom. The Morgan fingerprint density at radius 1 is 0.837 bits per heavy atom. The van der Waals surface area contributed by atoms with Crippen molar-refractivity contribution >= 4 is 34.2 Å². The molecular formula is C35H32FN3O4. The van der Waals surface area contributed by atoms with Crippen LogP contribution in [0.15, 0.2) is 78.9 Å². The van der Waals surface area contributed by atoms with Crippen molar-refractivity contribution in [1.82, 2.24) is 10.2 Å². The van der Waals surface area contributed by atoms with Gasteiger partial charge in [0, 0.05) is 37.0 Å². The van der Waals surface area contributed by atoms with E-state index in [1.807, 2.05) is 30.3 Å². The number of nitrogens with one attached hydrogen (secondary N) is 1. The van der Waals surface area contributed by atoms with Crippen molar-refractivity contribution < 1.29 is 23.5 Å². The van der Waals surface area contributed by atoms with Crippen molar-refractivity contribution in [3.63, 3.8) is 0 Å². The number of carbonyl (C=O) groups excluding carboxylic acids is 3. The highest BCUT2D eigenvalue weighted by Crippen LogP contribution is 2.41. The fourth-order valence-corrected chi connectivity index (χ4v) is 6.59. The third kappa shape index (κ3) is 5.39. The van der Waals surface area contributed by atoms with E-state index in [0.717, 1.165) is 60.9 Å². The number of benzene rings is 4. The van der Waals surface area contributed by atoms with Gasteiger partial charge in [0.2, 0.25) is 11.8 Å². The van der Waals surface area contributed by atoms with Crippen LogP contribution in [0.5, 0.6) is 5.75 Å². The molecule has 3 heterocycles. The van der Waals surface area contributed by atoms with Crippen molar-refractivity contribution in [1.29, 1.82) is 0 Å². The first-order valence-corrected chi connectivity index (χ1v) is 14.9. The van der Waals surface area contributed by atoms with Crippen LogP contribution < -0.4 is 15.0 Å². The molecule has 7 nitrogen and oxygen atoms in total. The zero-order chi connectivity index (χ0) is 29.5. The summed E-state index contributed by atoms with van der Waals surface area (Å²) in [6.45, 7) is 2.77. The number of ether oxygens (including phenoxy) is 1. The summed E-state index contributed by atoms with van der Waals surface area (Å²) >= 11 is 0. The zero-order valence-corrected chi connectivity index (χ0v) is 23.7. The maximum Gasteiger partial charge on any atom is 0.259 e. The number of hydrogen-bond acceptors (Lipinski definition) is 5. The molecule has 218 valence electrons. The van der Waals surface area contributed by atoms with Crippen LogP contribution in [0, 0.1) is 5.82 Å². The van der Waals surface area contributed by atoms with Crippen molar-refractivity contribution in [2.75, 3.05) is 18.0 Å². The van der Waals surface area contributed by atoms with Crippen LogP contribution in [0.25, 0.3) is 10.8 Å². The van der Waals surface area contributed by atoms with Crippen molar-refractivity contribution in [3.05, 3.63) is 107 Å². The van der Waals surface area contributed by atoms with Crippen LogP contribution in [-0.4, -0.2) is 47.9 Å². The topological polar surface area (TPSA) is 79.0 Å². The molecule has 7 rings (SSSR count). The molecular weight excluding hydrogens is 545 g/mol. The number of imide groups is 1. The van der Waals surface area contributed by atoms with Crippen LogP contribution in [0.1, 0.15) is 52.7 Å². The molecule has 1 N–H and O–H groups in total. The van der Waals surface area contributed by atoms with Gasteiger partial charge in [-0.15, -0.1) is 0 Å². The number of amides is 3. The fourth-order valence-electron chi connectivity index (χ4n) is 6.59. The number of halogens is 1. The average Bonchev–Trinajstić information content (AvgIpc) is 3.30. The van der Waals surface area contributed by atoms with Gasteiger partial charge in [-0.05, 0) is 84.2 Å². The second kappa shape index (κ2) is 11.3. The first-order valence-electron chi connectivity index (χ1n) is 14.9. The van der Waals surface area contributed by atoms with Gasteiger partial charge in [0.05, 0.1) is 5.69 Å². The molecule has 0 radical (unpaired) electrons. The number of likely N-dealkylation sites (tertiary alicyclic amines) is 1. The van der Waals surface area contributed by atoms with Gasteiger partial charge >= 0.3 is 0 Å². The highest BCUT2D eigenvalue weighted by Gasteiger charge is 2.40. The number of piperidine rings is 2. The molecule has 1 unspecified atom stereocenters. The van der Waals surface area contributed by atoms with E-state index in [1.165, 1.54) is 23.3 Å². The molecule has 0 aliphatic carbocycles. The maximum absolute atomic E-state index is 13.4. The lowest BCUT2D eigenvalue weighted by Crippen LogP contribution is -2.53. The molecule has 0 spiro atoms. The van der Waals surface area contributed by atoms with Gasteiger partial charge in [0.15, 0.2) is 0 Å². The third-order valence-electron chi connectivity index (χ3n) is 8.81. The number of carbonyl (C=O) groups is 3. The van der Waals surface area contributed by atoms with E-state index in [9.17, 15) is 18.8 Å². The van der Waals surface area contributed by atoms with E-state index in [2.05, 4.69) is 34.5 Å². The summed E-state index contributed by atoms with van der Waals surface area (Å²) in [5.41, 5.74) is 4.89. The predicted octanol–water partition coefficient (Wildman–Crippen LogP) is 5.38. The minimum atomic E-state index is -0.688. The van der Waals surface area contributed by atoms with Crippen molar-refractivity contribution in [2.45, 2.75) is 50.8 Å². The summed E-state index contributed by atoms with van der Waals surface area (Å²) in [6.07, 6.45) is 3.28. The van der Waals surface area contributed by atoms with E-state index in [0.29, 0.717) is 17.7 Å². The lowest BCUT2D eigenvalue weighted by atomic mass is 9.95. The van der Waals surface area contributed by atoms with Crippen LogP contribution in [0.4, 0.5) is 10.1 Å². The fraction of sp³-hybridized carbons (Fsp3) is 0.286. The van der Waals surface area contributed by atoms with Gasteiger partial charge < -0.3 is 4.74 Å². The lowest BCUT2D eigenvalue weighted by Gasteiger charge is -2.32. The number of hydrogen-bond donors (Lipinski definition) is 1. The molecule has 0 saturated carbocycles. The van der Waals surface area contributed by atoms with Crippen LogP contribution in [-0.2, 0) is 22.6 Å². The number of anilines is 1. The maximum atomic E-state index is 13.4. The molecule has 0 bridgehead atoms. The van der Waals surface area contributed by atoms with Crippen molar-refractivity contribution in [2.24, 2.45) is 0 Å². The summed E-state index contributed by atoms with van der Waals surface area (Å²) in [5, 5.41) is 4.26. The third-order valence-corrected chi connectivity index (χ3v) is 8.81. The van der Waals surface area contributed by atoms with E-state index >= 15 is 0 Å². The molecule has 8 heteroatoms. The second-order valence-electron chi connectivity index (χ2n) is 11.7.